The lowest BCUT2D eigenvalue weighted by atomic mass is 9.84. The van der Waals surface area contributed by atoms with Crippen LogP contribution in [0.1, 0.15) is 137 Å². The second-order valence-corrected chi connectivity index (χ2v) is 33.5. The number of aliphatic hydroxyl groups is 2. The summed E-state index contributed by atoms with van der Waals surface area (Å²) in [7, 11) is 6.83. The Kier molecular flexibility index (Phi) is 24.8. The molecule has 0 spiro atoms. The third-order valence-electron chi connectivity index (χ3n) is 23.0. The van der Waals surface area contributed by atoms with E-state index in [0.29, 0.717) is 32.4 Å². The molecule has 4 atom stereocenters. The number of amides is 3. The van der Waals surface area contributed by atoms with Gasteiger partial charge in [-0.1, -0.05) is 113 Å². The molecule has 0 saturated heterocycles. The molecule has 3 aliphatic heterocycles. The first kappa shape index (κ1) is 83.5. The maximum atomic E-state index is 13.0. The van der Waals surface area contributed by atoms with E-state index < -0.39 is 17.3 Å². The van der Waals surface area contributed by atoms with Crippen LogP contribution >= 0.6 is 0 Å². The van der Waals surface area contributed by atoms with Crippen molar-refractivity contribution in [1.29, 1.82) is 0 Å². The number of hydrogen-bond acceptors (Lipinski definition) is 12. The van der Waals surface area contributed by atoms with Gasteiger partial charge in [-0.2, -0.15) is 0 Å². The van der Waals surface area contributed by atoms with Crippen LogP contribution in [-0.2, 0) is 59.6 Å². The zero-order chi connectivity index (χ0) is 83.0. The van der Waals surface area contributed by atoms with E-state index in [0.717, 1.165) is 86.4 Å². The lowest BCUT2D eigenvalue weighted by Crippen LogP contribution is -2.48. The topological polar surface area (TPSA) is 178 Å². The molecule has 15 nitrogen and oxygen atoms in total. The highest BCUT2D eigenvalue weighted by molar-refractivity contribution is 6.15. The summed E-state index contributed by atoms with van der Waals surface area (Å²) in [5, 5.41) is 45.6. The summed E-state index contributed by atoms with van der Waals surface area (Å²) in [4.78, 5) is 41.7. The Bertz CT molecular complexity index is 5860. The molecular formula is C100H114N4O11. The number of rotatable bonds is 13. The summed E-state index contributed by atoms with van der Waals surface area (Å²) in [6, 6.07) is 43.3. The number of fused-ring (bicyclic) bond motifs is 21. The number of aryl methyl sites for hydroxylation is 9. The number of carbonyl (C=O) groups excluding carboxylic acids is 3. The zero-order valence-corrected chi connectivity index (χ0v) is 70.7. The van der Waals surface area contributed by atoms with E-state index in [1.54, 1.807) is 45.5 Å². The summed E-state index contributed by atoms with van der Waals surface area (Å²) in [5.41, 5.74) is 18.1. The molecule has 0 saturated carbocycles. The van der Waals surface area contributed by atoms with Gasteiger partial charge in [0.1, 0.15) is 34.2 Å². The first-order valence-corrected chi connectivity index (χ1v) is 39.9. The minimum Gasteiger partial charge on any atom is -0.496 e. The molecule has 0 aromatic heterocycles. The standard InChI is InChI=1S/C27H33NO3.C26H31NO4.C26H27NO2.C21H23NO2/c1-9-19(28-26(29)31-27(5,6)7)14-21-18(4)20-11-10-16(2)12-22(20)23-13-17(3)25(30-8)15-24(21)23;1-15-7-8-18-19(9-15)20-10-16(2)24(30-6)12-22(20)21-11-17(14-28)27(13-23(18)21)25(29)31-26(3,4)5;1-6-8-26(28)27-15-24-19-10-9-16(3)11-20(19)21-12-17(4)25(29-5)14-23(21)22(24)13-18(27)7-2;1-12-4-5-15-16(6-12)17-7-13(2)21(24-3)9-19(17)18-8-14(11-23)22-10-20(15)18/h9-13,15,19H,1,14H2,2-8H3,(H,28,29);7-10,12,17,28H,11,13-14H2,1-6H3;6-7,9-12,14,18H,1-2,8,13,15H2,3-5H3;4-7,9,14,22-23H,8,10-11H2,1-3H3/t19-;17-;18-;14-/m1010/s1. The molecule has 115 heavy (non-hydrogen) atoms. The van der Waals surface area contributed by atoms with Gasteiger partial charge in [-0.3, -0.25) is 9.69 Å². The van der Waals surface area contributed by atoms with Crippen LogP contribution in [0.2, 0.25) is 0 Å². The van der Waals surface area contributed by atoms with Gasteiger partial charge in [0.25, 0.3) is 0 Å². The van der Waals surface area contributed by atoms with Gasteiger partial charge >= 0.3 is 12.2 Å². The number of benzene rings is 12. The molecule has 3 amide bonds. The van der Waals surface area contributed by atoms with E-state index in [1.165, 1.54) is 131 Å². The van der Waals surface area contributed by atoms with Gasteiger partial charge in [0.05, 0.1) is 66.3 Å². The van der Waals surface area contributed by atoms with Gasteiger partial charge in [-0.25, -0.2) is 9.59 Å². The number of alkyl carbamates (subject to hydrolysis) is 1. The summed E-state index contributed by atoms with van der Waals surface area (Å²) in [6.07, 6.45) is 7.62. The second kappa shape index (κ2) is 34.2. The van der Waals surface area contributed by atoms with Crippen molar-refractivity contribution >= 4 is 104 Å². The van der Waals surface area contributed by atoms with Crippen molar-refractivity contribution in [2.24, 2.45) is 0 Å². The monoisotopic (exact) mass is 1550 g/mol. The summed E-state index contributed by atoms with van der Waals surface area (Å²) in [6.45, 7) is 43.6. The molecule has 12 aromatic rings. The molecule has 12 aromatic carbocycles. The molecular weight excluding hydrogens is 1430 g/mol. The summed E-state index contributed by atoms with van der Waals surface area (Å²) in [5.74, 6) is 3.62. The average molecular weight is 1550 g/mol. The Morgan fingerprint density at radius 1 is 0.470 bits per heavy atom. The fourth-order valence-corrected chi connectivity index (χ4v) is 17.3. The Morgan fingerprint density at radius 2 is 0.861 bits per heavy atom. The van der Waals surface area contributed by atoms with Crippen LogP contribution in [0.15, 0.2) is 159 Å². The number of nitrogens with one attached hydrogen (secondary N) is 2. The van der Waals surface area contributed by atoms with Gasteiger partial charge in [0.2, 0.25) is 5.91 Å². The van der Waals surface area contributed by atoms with Crippen molar-refractivity contribution in [2.45, 2.75) is 191 Å². The van der Waals surface area contributed by atoms with Crippen LogP contribution in [0.4, 0.5) is 9.59 Å². The summed E-state index contributed by atoms with van der Waals surface area (Å²) >= 11 is 0. The first-order chi connectivity index (χ1) is 54.8. The van der Waals surface area contributed by atoms with Crippen LogP contribution in [0, 0.1) is 62.3 Å². The van der Waals surface area contributed by atoms with Crippen molar-refractivity contribution in [1.82, 2.24) is 20.4 Å². The Labute approximate surface area is 677 Å². The van der Waals surface area contributed by atoms with Gasteiger partial charge in [0, 0.05) is 25.6 Å². The third kappa shape index (κ3) is 17.2. The maximum Gasteiger partial charge on any atom is 0.410 e. The first-order valence-electron chi connectivity index (χ1n) is 39.9. The molecule has 15 rings (SSSR count). The average Bonchev–Trinajstić information content (AvgIpc) is 0.743. The predicted octanol–water partition coefficient (Wildman–Crippen LogP) is 21.1. The van der Waals surface area contributed by atoms with Crippen molar-refractivity contribution in [3.05, 3.63) is 248 Å². The lowest BCUT2D eigenvalue weighted by molar-refractivity contribution is -0.132. The fourth-order valence-electron chi connectivity index (χ4n) is 17.3. The van der Waals surface area contributed by atoms with Crippen LogP contribution in [0.3, 0.4) is 0 Å². The van der Waals surface area contributed by atoms with E-state index in [9.17, 15) is 24.6 Å². The quantitative estimate of drug-likeness (QED) is 0.0635. The third-order valence-corrected chi connectivity index (χ3v) is 23.0. The normalized spacial score (nSPS) is 15.5. The maximum absolute atomic E-state index is 13.0. The molecule has 0 bridgehead atoms. The highest BCUT2D eigenvalue weighted by Crippen LogP contribution is 2.45. The number of hydrogen-bond donors (Lipinski definition) is 4. The van der Waals surface area contributed by atoms with Gasteiger partial charge in [0.15, 0.2) is 0 Å². The molecule has 0 unspecified atom stereocenters. The molecule has 4 N–H and O–H groups in total. The molecule has 3 heterocycles. The van der Waals surface area contributed by atoms with Gasteiger partial charge in [-0.05, 0) is 331 Å². The van der Waals surface area contributed by atoms with E-state index >= 15 is 0 Å². The van der Waals surface area contributed by atoms with Gasteiger partial charge < -0.3 is 54.2 Å². The lowest BCUT2D eigenvalue weighted by Gasteiger charge is -2.38. The Hall–Kier alpha value is -11.0. The molecule has 0 fully saturated rings. The molecule has 600 valence electrons. The molecule has 3 aliphatic rings. The number of aliphatic hydroxyl groups excluding tert-OH is 2. The smallest absolute Gasteiger partial charge is 0.410 e. The number of methoxy groups -OCH3 is 4. The number of ether oxygens (including phenoxy) is 6. The summed E-state index contributed by atoms with van der Waals surface area (Å²) < 4.78 is 33.5. The molecule has 0 aliphatic carbocycles. The molecule has 15 heteroatoms. The van der Waals surface area contributed by atoms with Crippen molar-refractivity contribution in [2.75, 3.05) is 41.7 Å². The number of carbonyl (C=O) groups is 3. The fraction of sp³-hybridized carbons (Fsp3) is 0.350. The predicted molar refractivity (Wildman–Crippen MR) is 473 cm³/mol. The second-order valence-electron chi connectivity index (χ2n) is 33.5. The van der Waals surface area contributed by atoms with Crippen molar-refractivity contribution < 1.29 is 53.0 Å². The van der Waals surface area contributed by atoms with E-state index in [2.05, 4.69) is 214 Å². The van der Waals surface area contributed by atoms with Crippen molar-refractivity contribution in [3.8, 4) is 23.0 Å². The minimum absolute atomic E-state index is 0.0200. The Balaban J connectivity index is 0.000000142. The number of nitrogens with zero attached hydrogens (tertiary/aromatic N) is 2. The van der Waals surface area contributed by atoms with E-state index in [-0.39, 0.29) is 49.4 Å². The van der Waals surface area contributed by atoms with Crippen LogP contribution in [-0.4, -0.2) is 115 Å². The van der Waals surface area contributed by atoms with Crippen LogP contribution in [0.25, 0.3) is 86.2 Å². The van der Waals surface area contributed by atoms with Crippen molar-refractivity contribution in [3.63, 3.8) is 0 Å². The molecule has 0 radical (unpaired) electrons. The SMILES string of the molecule is C=CCC(=O)N1Cc2c(c3cc(OC)c(C)cc3c3cc(C)ccc23)C[C@H]1C=C.C=C[C@H](Cc1c(C)c2ccc(C)cc2c2cc(C)c(OC)cc12)NC(=O)OC(C)(C)C.COc1cc2c3c(c4ccc(C)cc4c2cc1C)CN(C(=O)OC(C)(C)C)[C@H](CO)C3.COc1cc2c3c(c4ccc(C)cc4c2cc1C)CN[C@H](CO)C3. The minimum atomic E-state index is -0.592. The largest absolute Gasteiger partial charge is 0.496 e. The van der Waals surface area contributed by atoms with E-state index in [1.807, 2.05) is 52.5 Å². The van der Waals surface area contributed by atoms with Crippen LogP contribution in [0.5, 0.6) is 23.0 Å². The Morgan fingerprint density at radius 3 is 1.27 bits per heavy atom. The van der Waals surface area contributed by atoms with Crippen LogP contribution < -0.4 is 29.6 Å². The highest BCUT2D eigenvalue weighted by Gasteiger charge is 2.36. The van der Waals surface area contributed by atoms with E-state index in [4.69, 9.17) is 28.4 Å². The highest BCUT2D eigenvalue weighted by atomic mass is 16.6. The zero-order valence-electron chi connectivity index (χ0n) is 70.7. The van der Waals surface area contributed by atoms with Gasteiger partial charge in [-0.15, -0.1) is 19.7 Å².